The number of amides is 2. The lowest BCUT2D eigenvalue weighted by Gasteiger charge is -2.48. The number of aryl methyl sites for hydroxylation is 1. The Hall–Kier alpha value is -5.86. The first-order valence-electron chi connectivity index (χ1n) is 23.0. The Balaban J connectivity index is 0.722. The SMILES string of the molecule is C=CCn1c(=O)c2cnc(Nc3ccc(N4CCC(CN5CCC6(CC5)CN(c5ccc(C7CCC(=O)NC7=O)cc5)CCO6)CC4)cc3)nc2n1-c1ccc2c(n1)C(CC)CC2. The van der Waals surface area contributed by atoms with Crippen LogP contribution in [-0.2, 0) is 27.3 Å². The predicted octanol–water partition coefficient (Wildman–Crippen LogP) is 6.45. The molecule has 0 saturated carbocycles. The quantitative estimate of drug-likeness (QED) is 0.112. The number of ether oxygens (including phenoxy) is 1. The van der Waals surface area contributed by atoms with Gasteiger partial charge in [0.1, 0.15) is 5.39 Å². The van der Waals surface area contributed by atoms with Crippen LogP contribution in [0.1, 0.15) is 86.9 Å². The van der Waals surface area contributed by atoms with Gasteiger partial charge >= 0.3 is 0 Å². The first-order valence-corrected chi connectivity index (χ1v) is 23.0. The fourth-order valence-corrected chi connectivity index (χ4v) is 10.7. The van der Waals surface area contributed by atoms with Crippen LogP contribution in [0.3, 0.4) is 0 Å². The van der Waals surface area contributed by atoms with Crippen molar-refractivity contribution in [3.8, 4) is 5.82 Å². The summed E-state index contributed by atoms with van der Waals surface area (Å²) in [4.78, 5) is 59.7. The zero-order valence-electron chi connectivity index (χ0n) is 36.3. The number of nitrogens with zero attached hydrogens (tertiary/aromatic N) is 8. The molecule has 2 atom stereocenters. The second-order valence-corrected chi connectivity index (χ2v) is 18.2. The van der Waals surface area contributed by atoms with Crippen LogP contribution in [0.5, 0.6) is 0 Å². The summed E-state index contributed by atoms with van der Waals surface area (Å²) in [5, 5.41) is 6.30. The molecule has 7 heterocycles. The van der Waals surface area contributed by atoms with E-state index in [9.17, 15) is 14.4 Å². The Bertz CT molecular complexity index is 2550. The van der Waals surface area contributed by atoms with Crippen molar-refractivity contribution in [2.24, 2.45) is 5.92 Å². The molecule has 2 N–H and O–H groups in total. The topological polar surface area (TPSA) is 143 Å². The summed E-state index contributed by atoms with van der Waals surface area (Å²) in [7, 11) is 0. The number of likely N-dealkylation sites (tertiary alicyclic amines) is 1. The average Bonchev–Trinajstić information content (AvgIpc) is 3.85. The Morgan fingerprint density at radius 3 is 2.38 bits per heavy atom. The zero-order valence-corrected chi connectivity index (χ0v) is 36.3. The summed E-state index contributed by atoms with van der Waals surface area (Å²) in [5.74, 6) is 1.57. The van der Waals surface area contributed by atoms with Crippen molar-refractivity contribution >= 4 is 45.9 Å². The van der Waals surface area contributed by atoms with Crippen molar-refractivity contribution < 1.29 is 14.3 Å². The van der Waals surface area contributed by atoms with Crippen molar-refractivity contribution in [1.29, 1.82) is 0 Å². The molecular weight excluding hydrogens is 793 g/mol. The standard InChI is InChI=1S/C49H58N10O4/c1-3-23-58-47(62)41-30-50-48(54-45(41)59(58)42-17-9-36-6-5-34(4-2)44(36)52-42)51-37-10-14-38(15-11-37)56-24-19-33(20-25-56)31-55-26-21-49(22-27-55)32-57(28-29-63-49)39-12-7-35(8-13-39)40-16-18-43(60)53-46(40)61/h3,7-15,17,30,33-34,40H,1,4-6,16,18-29,31-32H2,2H3,(H,50,51,54)(H,53,60,61). The van der Waals surface area contributed by atoms with Crippen LogP contribution in [0.25, 0.3) is 16.9 Å². The van der Waals surface area contributed by atoms with Crippen LogP contribution in [0, 0.1) is 5.92 Å². The number of morpholine rings is 1. The van der Waals surface area contributed by atoms with Gasteiger partial charge in [-0.25, -0.2) is 19.3 Å². The first-order chi connectivity index (χ1) is 30.8. The molecule has 4 fully saturated rings. The molecule has 4 aliphatic heterocycles. The lowest BCUT2D eigenvalue weighted by Crippen LogP contribution is -2.57. The number of hydrogen-bond donors (Lipinski definition) is 2. The minimum Gasteiger partial charge on any atom is -0.372 e. The Morgan fingerprint density at radius 1 is 0.873 bits per heavy atom. The van der Waals surface area contributed by atoms with Crippen LogP contribution >= 0.6 is 0 Å². The number of imide groups is 1. The van der Waals surface area contributed by atoms with Gasteiger partial charge in [-0.2, -0.15) is 4.98 Å². The number of hydrogen-bond acceptors (Lipinski definition) is 11. The number of piperidine rings is 3. The van der Waals surface area contributed by atoms with Crippen molar-refractivity contribution in [2.75, 3.05) is 67.5 Å². The summed E-state index contributed by atoms with van der Waals surface area (Å²) in [6.07, 6.45) is 11.9. The third kappa shape index (κ3) is 8.26. The second-order valence-electron chi connectivity index (χ2n) is 18.2. The van der Waals surface area contributed by atoms with Gasteiger partial charge in [-0.05, 0) is 111 Å². The van der Waals surface area contributed by atoms with E-state index in [0.29, 0.717) is 54.0 Å². The number of fused-ring (bicyclic) bond motifs is 2. The summed E-state index contributed by atoms with van der Waals surface area (Å²) < 4.78 is 9.98. The van der Waals surface area contributed by atoms with Gasteiger partial charge < -0.3 is 24.8 Å². The van der Waals surface area contributed by atoms with Crippen molar-refractivity contribution in [2.45, 2.75) is 88.7 Å². The number of benzene rings is 2. The van der Waals surface area contributed by atoms with Gasteiger partial charge in [-0.1, -0.05) is 31.2 Å². The van der Waals surface area contributed by atoms with Gasteiger partial charge in [0.25, 0.3) is 5.56 Å². The van der Waals surface area contributed by atoms with Crippen LogP contribution < -0.4 is 26.0 Å². The van der Waals surface area contributed by atoms with Crippen molar-refractivity contribution in [1.82, 2.24) is 34.5 Å². The average molecular weight is 851 g/mol. The molecule has 3 aromatic heterocycles. The largest absolute Gasteiger partial charge is 0.372 e. The third-order valence-corrected chi connectivity index (χ3v) is 14.4. The molecule has 14 heteroatoms. The highest BCUT2D eigenvalue weighted by atomic mass is 16.5. The molecule has 10 rings (SSSR count). The Kier molecular flexibility index (Phi) is 11.3. The molecule has 1 spiro atoms. The molecule has 4 saturated heterocycles. The molecular formula is C49H58N10O4. The van der Waals surface area contributed by atoms with Gasteiger partial charge in [0, 0.05) is 87.1 Å². The van der Waals surface area contributed by atoms with Crippen molar-refractivity contribution in [3.05, 3.63) is 107 Å². The van der Waals surface area contributed by atoms with E-state index in [0.717, 1.165) is 107 Å². The van der Waals surface area contributed by atoms with E-state index in [1.165, 1.54) is 24.1 Å². The van der Waals surface area contributed by atoms with Gasteiger partial charge in [0.05, 0.1) is 24.7 Å². The molecule has 2 amide bonds. The number of pyridine rings is 1. The monoisotopic (exact) mass is 850 g/mol. The van der Waals surface area contributed by atoms with Gasteiger partial charge in [0.2, 0.25) is 17.8 Å². The van der Waals surface area contributed by atoms with E-state index in [1.54, 1.807) is 17.0 Å². The summed E-state index contributed by atoms with van der Waals surface area (Å²) >= 11 is 0. The molecule has 2 unspecified atom stereocenters. The van der Waals surface area contributed by atoms with Gasteiger partial charge in [-0.15, -0.1) is 6.58 Å². The number of allylic oxidation sites excluding steroid dienone is 1. The number of nitrogens with one attached hydrogen (secondary N) is 2. The molecule has 0 radical (unpaired) electrons. The second kappa shape index (κ2) is 17.4. The molecule has 0 bridgehead atoms. The first kappa shape index (κ1) is 41.2. The van der Waals surface area contributed by atoms with E-state index in [4.69, 9.17) is 14.7 Å². The van der Waals surface area contributed by atoms with Crippen LogP contribution in [-0.4, -0.2) is 99.1 Å². The normalized spacial score (nSPS) is 21.8. The van der Waals surface area contributed by atoms with E-state index < -0.39 is 0 Å². The summed E-state index contributed by atoms with van der Waals surface area (Å²) in [5.41, 5.74) is 6.86. The lowest BCUT2D eigenvalue weighted by atomic mass is 9.87. The number of anilines is 4. The maximum absolute atomic E-state index is 13.5. The highest BCUT2D eigenvalue weighted by Crippen LogP contribution is 2.36. The number of carbonyl (C=O) groups is 2. The summed E-state index contributed by atoms with van der Waals surface area (Å²) in [6.45, 7) is 14.2. The van der Waals surface area contributed by atoms with Gasteiger partial charge in [-0.3, -0.25) is 19.7 Å². The predicted molar refractivity (Wildman–Crippen MR) is 245 cm³/mol. The maximum Gasteiger partial charge on any atom is 0.278 e. The lowest BCUT2D eigenvalue weighted by molar-refractivity contribution is -0.134. The number of rotatable bonds is 11. The minimum absolute atomic E-state index is 0.127. The Morgan fingerprint density at radius 2 is 1.63 bits per heavy atom. The molecule has 5 aliphatic rings. The molecule has 328 valence electrons. The fraction of sp³-hybridized carbons (Fsp3) is 0.469. The van der Waals surface area contributed by atoms with E-state index in [-0.39, 0.29) is 28.9 Å². The summed E-state index contributed by atoms with van der Waals surface area (Å²) in [6, 6.07) is 21.0. The van der Waals surface area contributed by atoms with E-state index in [1.807, 2.05) is 10.7 Å². The molecule has 1 aliphatic carbocycles. The number of carbonyl (C=O) groups excluding carboxylic acids is 2. The van der Waals surface area contributed by atoms with Crippen LogP contribution in [0.15, 0.2) is 84.3 Å². The van der Waals surface area contributed by atoms with Crippen molar-refractivity contribution in [3.63, 3.8) is 0 Å². The number of aromatic nitrogens is 5. The highest BCUT2D eigenvalue weighted by molar-refractivity contribution is 6.01. The van der Waals surface area contributed by atoms with E-state index >= 15 is 0 Å². The third-order valence-electron chi connectivity index (χ3n) is 14.4. The van der Waals surface area contributed by atoms with Gasteiger partial charge in [0.15, 0.2) is 11.5 Å². The zero-order chi connectivity index (χ0) is 43.1. The molecule has 63 heavy (non-hydrogen) atoms. The highest BCUT2D eigenvalue weighted by Gasteiger charge is 2.40. The smallest absolute Gasteiger partial charge is 0.278 e. The van der Waals surface area contributed by atoms with Crippen LogP contribution in [0.2, 0.25) is 0 Å². The minimum atomic E-state index is -0.260. The fourth-order valence-electron chi connectivity index (χ4n) is 10.7. The molecule has 5 aromatic rings. The maximum atomic E-state index is 13.5. The van der Waals surface area contributed by atoms with Crippen LogP contribution in [0.4, 0.5) is 23.0 Å². The Labute approximate surface area is 368 Å². The van der Waals surface area contributed by atoms with E-state index in [2.05, 4.69) is 98.4 Å². The molecule has 2 aromatic carbocycles. The molecule has 14 nitrogen and oxygen atoms in total.